The van der Waals surface area contributed by atoms with Crippen molar-refractivity contribution >= 4 is 0 Å². The fourth-order valence-electron chi connectivity index (χ4n) is 4.09. The molecule has 112 valence electrons. The van der Waals surface area contributed by atoms with Crippen LogP contribution in [0.3, 0.4) is 0 Å². The van der Waals surface area contributed by atoms with Crippen LogP contribution in [-0.4, -0.2) is 6.04 Å². The van der Waals surface area contributed by atoms with Crippen LogP contribution in [-0.2, 0) is 0 Å². The lowest BCUT2D eigenvalue weighted by molar-refractivity contribution is 0.154. The molecule has 3 aliphatic rings. The van der Waals surface area contributed by atoms with Crippen LogP contribution in [0, 0.1) is 17.8 Å². The fourth-order valence-corrected chi connectivity index (χ4v) is 4.09. The van der Waals surface area contributed by atoms with Crippen molar-refractivity contribution in [2.45, 2.75) is 77.2 Å². The summed E-state index contributed by atoms with van der Waals surface area (Å²) in [4.78, 5) is 0. The summed E-state index contributed by atoms with van der Waals surface area (Å²) in [5.41, 5.74) is 11.2. The van der Waals surface area contributed by atoms with Crippen molar-refractivity contribution in [1.82, 2.24) is 0 Å². The molecule has 0 aromatic rings. The number of hydrogen-bond acceptors (Lipinski definition) is 1. The highest BCUT2D eigenvalue weighted by Gasteiger charge is 2.34. The van der Waals surface area contributed by atoms with Crippen molar-refractivity contribution in [2.75, 3.05) is 0 Å². The molecule has 0 saturated heterocycles. The molecule has 3 atom stereocenters. The minimum atomic E-state index is 0.268. The fraction of sp³-hybridized carbons (Fsp3) is 0.789. The molecule has 0 aromatic carbocycles. The van der Waals surface area contributed by atoms with Gasteiger partial charge in [0.2, 0.25) is 0 Å². The summed E-state index contributed by atoms with van der Waals surface area (Å²) in [6, 6.07) is 0.268. The second-order valence-corrected chi connectivity index (χ2v) is 7.58. The normalized spacial score (nSPS) is 31.0. The van der Waals surface area contributed by atoms with Crippen LogP contribution in [0.15, 0.2) is 23.3 Å². The number of rotatable bonds is 6. The van der Waals surface area contributed by atoms with E-state index in [0.717, 1.165) is 17.8 Å². The van der Waals surface area contributed by atoms with E-state index >= 15 is 0 Å². The molecule has 0 amide bonds. The van der Waals surface area contributed by atoms with Gasteiger partial charge in [-0.05, 0) is 82.5 Å². The predicted octanol–water partition coefficient (Wildman–Crippen LogP) is 4.98. The Morgan fingerprint density at radius 3 is 2.30 bits per heavy atom. The first-order chi connectivity index (χ1) is 9.65. The molecule has 1 nitrogen and oxygen atoms in total. The van der Waals surface area contributed by atoms with Crippen LogP contribution in [0.5, 0.6) is 0 Å². The van der Waals surface area contributed by atoms with Gasteiger partial charge >= 0.3 is 0 Å². The van der Waals surface area contributed by atoms with Crippen molar-refractivity contribution in [3.63, 3.8) is 0 Å². The standard InChI is InChI=1S/C19H31N/c1-13(15-5-3-6-15)11-17-9-10-18(17)12-19(20)14(2)16-7-4-8-16/h16-19H,2-12,20H2,1H3/t17?,18-,19?/m0/s1. The average molecular weight is 273 g/mol. The molecule has 0 spiro atoms. The zero-order valence-corrected chi connectivity index (χ0v) is 13.2. The molecule has 0 aromatic heterocycles. The van der Waals surface area contributed by atoms with Gasteiger partial charge < -0.3 is 5.73 Å². The smallest absolute Gasteiger partial charge is 0.0256 e. The van der Waals surface area contributed by atoms with Gasteiger partial charge in [0.25, 0.3) is 0 Å². The third-order valence-corrected chi connectivity index (χ3v) is 6.37. The SMILES string of the molecule is C=C(C(N)C[C@@H]1CCC1CC(C)=C1CCC1)C1CCC1. The van der Waals surface area contributed by atoms with Gasteiger partial charge in [-0.25, -0.2) is 0 Å². The predicted molar refractivity (Wildman–Crippen MR) is 86.5 cm³/mol. The summed E-state index contributed by atoms with van der Waals surface area (Å²) < 4.78 is 0. The van der Waals surface area contributed by atoms with Crippen LogP contribution < -0.4 is 5.73 Å². The second kappa shape index (κ2) is 6.05. The monoisotopic (exact) mass is 273 g/mol. The first kappa shape index (κ1) is 14.4. The second-order valence-electron chi connectivity index (χ2n) is 7.58. The highest BCUT2D eigenvalue weighted by molar-refractivity contribution is 5.19. The molecular formula is C19H31N. The minimum absolute atomic E-state index is 0.268. The van der Waals surface area contributed by atoms with Gasteiger partial charge in [-0.3, -0.25) is 0 Å². The van der Waals surface area contributed by atoms with Crippen molar-refractivity contribution in [3.05, 3.63) is 23.3 Å². The molecule has 0 heterocycles. The number of allylic oxidation sites excluding steroid dienone is 2. The van der Waals surface area contributed by atoms with Gasteiger partial charge in [0.1, 0.15) is 0 Å². The molecule has 0 aliphatic heterocycles. The Kier molecular flexibility index (Phi) is 4.35. The molecule has 3 saturated carbocycles. The Hall–Kier alpha value is -0.560. The maximum Gasteiger partial charge on any atom is 0.0256 e. The maximum absolute atomic E-state index is 6.42. The van der Waals surface area contributed by atoms with Gasteiger partial charge in [-0.1, -0.05) is 29.7 Å². The summed E-state index contributed by atoms with van der Waals surface area (Å²) in [5.74, 6) is 2.54. The summed E-state index contributed by atoms with van der Waals surface area (Å²) in [7, 11) is 0. The molecule has 0 bridgehead atoms. The summed E-state index contributed by atoms with van der Waals surface area (Å²) >= 11 is 0. The highest BCUT2D eigenvalue weighted by atomic mass is 14.7. The largest absolute Gasteiger partial charge is 0.324 e. The van der Waals surface area contributed by atoms with E-state index in [1.807, 2.05) is 0 Å². The van der Waals surface area contributed by atoms with E-state index in [1.54, 1.807) is 11.1 Å². The van der Waals surface area contributed by atoms with Gasteiger partial charge in [-0.2, -0.15) is 0 Å². The van der Waals surface area contributed by atoms with Gasteiger partial charge in [0.05, 0.1) is 0 Å². The number of hydrogen-bond donors (Lipinski definition) is 1. The summed E-state index contributed by atoms with van der Waals surface area (Å²) in [6.45, 7) is 6.66. The highest BCUT2D eigenvalue weighted by Crippen LogP contribution is 2.44. The molecule has 0 radical (unpaired) electrons. The molecule has 2 N–H and O–H groups in total. The van der Waals surface area contributed by atoms with Crippen molar-refractivity contribution in [1.29, 1.82) is 0 Å². The van der Waals surface area contributed by atoms with Gasteiger partial charge in [-0.15, -0.1) is 0 Å². The Morgan fingerprint density at radius 2 is 1.85 bits per heavy atom. The molecule has 2 unspecified atom stereocenters. The maximum atomic E-state index is 6.42. The topological polar surface area (TPSA) is 26.0 Å². The molecule has 3 rings (SSSR count). The summed E-state index contributed by atoms with van der Waals surface area (Å²) in [6.07, 6.45) is 13.6. The molecule has 1 heteroatoms. The lowest BCUT2D eigenvalue weighted by Crippen LogP contribution is -2.36. The minimum Gasteiger partial charge on any atom is -0.324 e. The molecule has 3 aliphatic carbocycles. The van der Waals surface area contributed by atoms with E-state index in [-0.39, 0.29) is 6.04 Å². The zero-order valence-electron chi connectivity index (χ0n) is 13.2. The Labute approximate surface area is 124 Å². The Balaban J connectivity index is 1.46. The van der Waals surface area contributed by atoms with E-state index in [4.69, 9.17) is 5.73 Å². The molecular weight excluding hydrogens is 242 g/mol. The van der Waals surface area contributed by atoms with Crippen LogP contribution in [0.4, 0.5) is 0 Å². The van der Waals surface area contributed by atoms with E-state index in [1.165, 1.54) is 69.8 Å². The summed E-state index contributed by atoms with van der Waals surface area (Å²) in [5, 5.41) is 0. The first-order valence-corrected chi connectivity index (χ1v) is 8.77. The zero-order chi connectivity index (χ0) is 14.1. The molecule has 3 fully saturated rings. The third kappa shape index (κ3) is 2.88. The average Bonchev–Trinajstić information content (AvgIpc) is 2.26. The van der Waals surface area contributed by atoms with Crippen molar-refractivity contribution < 1.29 is 0 Å². The van der Waals surface area contributed by atoms with Crippen molar-refractivity contribution in [3.8, 4) is 0 Å². The van der Waals surface area contributed by atoms with Crippen LogP contribution in [0.1, 0.15) is 71.1 Å². The van der Waals surface area contributed by atoms with Gasteiger partial charge in [0.15, 0.2) is 0 Å². The van der Waals surface area contributed by atoms with Crippen LogP contribution in [0.2, 0.25) is 0 Å². The van der Waals surface area contributed by atoms with Crippen molar-refractivity contribution in [2.24, 2.45) is 23.5 Å². The van der Waals surface area contributed by atoms with Gasteiger partial charge in [0, 0.05) is 6.04 Å². The van der Waals surface area contributed by atoms with Crippen LogP contribution in [0.25, 0.3) is 0 Å². The lowest BCUT2D eigenvalue weighted by Gasteiger charge is -2.41. The van der Waals surface area contributed by atoms with E-state index in [0.29, 0.717) is 0 Å². The number of nitrogens with two attached hydrogens (primary N) is 1. The quantitative estimate of drug-likeness (QED) is 0.679. The third-order valence-electron chi connectivity index (χ3n) is 6.37. The molecule has 20 heavy (non-hydrogen) atoms. The lowest BCUT2D eigenvalue weighted by atomic mass is 9.66. The van der Waals surface area contributed by atoms with Crippen LogP contribution >= 0.6 is 0 Å². The Bertz CT molecular complexity index is 396. The van der Waals surface area contributed by atoms with E-state index < -0.39 is 0 Å². The van der Waals surface area contributed by atoms with E-state index in [2.05, 4.69) is 13.5 Å². The first-order valence-electron chi connectivity index (χ1n) is 8.77. The Morgan fingerprint density at radius 1 is 1.15 bits per heavy atom. The van der Waals surface area contributed by atoms with E-state index in [9.17, 15) is 0 Å².